The molecule has 10 nitrogen and oxygen atoms in total. The molecule has 0 bridgehead atoms. The second kappa shape index (κ2) is 16.0. The maximum atomic E-state index is 15.6. The van der Waals surface area contributed by atoms with Gasteiger partial charge in [0, 0.05) is 39.8 Å². The Kier molecular flexibility index (Phi) is 10.4. The minimum Gasteiger partial charge on any atom is -0.497 e. The van der Waals surface area contributed by atoms with E-state index in [1.807, 2.05) is 131 Å². The standard InChI is InChI=1S/C51H48BrN5O5Si/c1-32-48(63(3,4)39-22-20-38(61-2)21-23-39)46(25-26-55-30-43(53-54-55)41(31-58)34-12-6-5-7-13-34)62-51(32)42-28-36(52)19-24-44(42)56(50(51)60)29-33-11-8-16-37(27-33)57-45-18-10-15-35-14-9-17-40(47(35)45)49(57)59/h5-24,27-28,30,32,41,46,48,58H,25-26,29,31H2,1-4H3/t32-,41?,46+,48-,51+/m1/s1. The molecule has 12 heteroatoms. The molecule has 2 amide bonds. The summed E-state index contributed by atoms with van der Waals surface area (Å²) in [4.78, 5) is 33.2. The Bertz CT molecular complexity index is 2880. The van der Waals surface area contributed by atoms with Gasteiger partial charge in [0.05, 0.1) is 63.0 Å². The molecule has 6 aromatic carbocycles. The van der Waals surface area contributed by atoms with Crippen LogP contribution in [0.3, 0.4) is 0 Å². The molecule has 3 aliphatic rings. The number of anilines is 3. The van der Waals surface area contributed by atoms with Crippen LogP contribution in [0.2, 0.25) is 18.6 Å². The number of rotatable bonds is 12. The molecule has 0 aliphatic carbocycles. The molecule has 4 heterocycles. The molecule has 7 aromatic rings. The van der Waals surface area contributed by atoms with Gasteiger partial charge in [-0.15, -0.1) is 5.10 Å². The highest BCUT2D eigenvalue weighted by atomic mass is 79.9. The van der Waals surface area contributed by atoms with Gasteiger partial charge in [-0.3, -0.25) is 19.2 Å². The van der Waals surface area contributed by atoms with Gasteiger partial charge >= 0.3 is 0 Å². The highest BCUT2D eigenvalue weighted by Gasteiger charge is 2.66. The fourth-order valence-electron chi connectivity index (χ4n) is 10.8. The number of aliphatic hydroxyl groups excluding tert-OH is 1. The maximum absolute atomic E-state index is 15.6. The van der Waals surface area contributed by atoms with Crippen LogP contribution in [0.5, 0.6) is 5.75 Å². The normalized spacial score (nSPS) is 20.9. The Morgan fingerprint density at radius 3 is 2.41 bits per heavy atom. The number of methoxy groups -OCH3 is 1. The van der Waals surface area contributed by atoms with E-state index in [9.17, 15) is 9.90 Å². The van der Waals surface area contributed by atoms with Crippen LogP contribution >= 0.6 is 15.9 Å². The molecule has 1 spiro atoms. The Balaban J connectivity index is 0.995. The summed E-state index contributed by atoms with van der Waals surface area (Å²) in [6, 6.07) is 44.1. The first-order valence-corrected chi connectivity index (χ1v) is 25.4. The number of nitrogens with zero attached hydrogens (tertiary/aromatic N) is 5. The minimum atomic E-state index is -2.42. The van der Waals surface area contributed by atoms with Crippen molar-refractivity contribution in [3.05, 3.63) is 172 Å². The van der Waals surface area contributed by atoms with Crippen LogP contribution in [0.1, 0.15) is 52.0 Å². The second-order valence-corrected chi connectivity index (χ2v) is 23.1. The summed E-state index contributed by atoms with van der Waals surface area (Å²) < 4.78 is 15.7. The van der Waals surface area contributed by atoms with Gasteiger partial charge in [0.2, 0.25) is 0 Å². The zero-order valence-electron chi connectivity index (χ0n) is 35.6. The van der Waals surface area contributed by atoms with E-state index in [0.717, 1.165) is 54.7 Å². The lowest BCUT2D eigenvalue weighted by Crippen LogP contribution is -2.51. The summed E-state index contributed by atoms with van der Waals surface area (Å²) in [5.41, 5.74) is 5.30. The first-order chi connectivity index (χ1) is 30.5. The maximum Gasteiger partial charge on any atom is 0.264 e. The van der Waals surface area contributed by atoms with Crippen LogP contribution in [0.15, 0.2) is 144 Å². The van der Waals surface area contributed by atoms with Crippen LogP contribution in [0.4, 0.5) is 17.1 Å². The van der Waals surface area contributed by atoms with Crippen LogP contribution in [-0.4, -0.2) is 59.8 Å². The number of hydrogen-bond donors (Lipinski definition) is 1. The molecule has 1 unspecified atom stereocenters. The number of halogens is 1. The zero-order valence-corrected chi connectivity index (χ0v) is 38.2. The fourth-order valence-corrected chi connectivity index (χ4v) is 15.2. The average Bonchev–Trinajstić information content (AvgIpc) is 4.03. The van der Waals surface area contributed by atoms with E-state index >= 15 is 4.79 Å². The van der Waals surface area contributed by atoms with E-state index in [2.05, 4.69) is 64.5 Å². The van der Waals surface area contributed by atoms with E-state index in [-0.39, 0.29) is 41.9 Å². The molecule has 0 saturated carbocycles. The Morgan fingerprint density at radius 1 is 0.889 bits per heavy atom. The molecule has 318 valence electrons. The molecule has 5 atom stereocenters. The SMILES string of the molecule is COc1ccc([Si](C)(C)[C@H]2[C@H](CCn3cc(C(CO)c4ccccc4)nn3)O[C@@]3(C(=O)N(Cc4cccc(N5C(=O)c6cccc7cccc5c67)c4)c4ccc(Br)cc43)[C@@H]2C)cc1. The largest absolute Gasteiger partial charge is 0.497 e. The first kappa shape index (κ1) is 41.1. The molecule has 10 rings (SSSR count). The van der Waals surface area contributed by atoms with Gasteiger partial charge in [-0.1, -0.05) is 125 Å². The number of aryl methyl sites for hydroxylation is 1. The molecule has 1 N–H and O–H groups in total. The number of fused-ring (bicyclic) bond motifs is 2. The summed E-state index contributed by atoms with van der Waals surface area (Å²) in [5.74, 6) is 0.149. The van der Waals surface area contributed by atoms with Gasteiger partial charge < -0.3 is 19.5 Å². The summed E-state index contributed by atoms with van der Waals surface area (Å²) in [7, 11) is -0.740. The van der Waals surface area contributed by atoms with Gasteiger partial charge in [-0.2, -0.15) is 0 Å². The van der Waals surface area contributed by atoms with Crippen molar-refractivity contribution in [1.82, 2.24) is 15.0 Å². The van der Waals surface area contributed by atoms with Gasteiger partial charge in [0.1, 0.15) is 5.75 Å². The third kappa shape index (κ3) is 6.73. The van der Waals surface area contributed by atoms with Gasteiger partial charge in [-0.05, 0) is 83.1 Å². The quantitative estimate of drug-likeness (QED) is 0.122. The summed E-state index contributed by atoms with van der Waals surface area (Å²) in [6.45, 7) is 7.69. The van der Waals surface area contributed by atoms with Crippen molar-refractivity contribution in [2.75, 3.05) is 23.5 Å². The summed E-state index contributed by atoms with van der Waals surface area (Å²) >= 11 is 3.75. The van der Waals surface area contributed by atoms with Crippen molar-refractivity contribution >= 4 is 68.8 Å². The Hall–Kier alpha value is -5.92. The van der Waals surface area contributed by atoms with Crippen LogP contribution in [0.25, 0.3) is 10.8 Å². The minimum absolute atomic E-state index is 0.0213. The number of carbonyl (C=O) groups is 2. The summed E-state index contributed by atoms with van der Waals surface area (Å²) in [6.07, 6.45) is 2.21. The topological polar surface area (TPSA) is 110 Å². The van der Waals surface area contributed by atoms with Gasteiger partial charge in [0.25, 0.3) is 11.8 Å². The third-order valence-electron chi connectivity index (χ3n) is 13.8. The molecular weight excluding hydrogens is 871 g/mol. The Morgan fingerprint density at radius 2 is 1.65 bits per heavy atom. The van der Waals surface area contributed by atoms with Crippen molar-refractivity contribution in [3.8, 4) is 5.75 Å². The molecule has 1 saturated heterocycles. The van der Waals surface area contributed by atoms with Crippen LogP contribution < -0.4 is 19.7 Å². The monoisotopic (exact) mass is 917 g/mol. The van der Waals surface area contributed by atoms with Crippen molar-refractivity contribution in [3.63, 3.8) is 0 Å². The highest BCUT2D eigenvalue weighted by molar-refractivity contribution is 9.10. The van der Waals surface area contributed by atoms with Crippen molar-refractivity contribution in [2.45, 2.75) is 62.7 Å². The molecule has 63 heavy (non-hydrogen) atoms. The van der Waals surface area contributed by atoms with Crippen molar-refractivity contribution in [1.29, 1.82) is 0 Å². The van der Waals surface area contributed by atoms with E-state index in [1.165, 1.54) is 5.19 Å². The smallest absolute Gasteiger partial charge is 0.264 e. The molecule has 3 aliphatic heterocycles. The predicted octanol–water partition coefficient (Wildman–Crippen LogP) is 9.47. The number of hydrogen-bond acceptors (Lipinski definition) is 7. The average molecular weight is 919 g/mol. The highest BCUT2D eigenvalue weighted by Crippen LogP contribution is 2.60. The van der Waals surface area contributed by atoms with Gasteiger partial charge in [-0.25, -0.2) is 0 Å². The number of ether oxygens (including phenoxy) is 2. The van der Waals surface area contributed by atoms with Crippen molar-refractivity contribution < 1.29 is 24.2 Å². The number of aliphatic hydroxyl groups is 1. The van der Waals surface area contributed by atoms with Gasteiger partial charge in [0.15, 0.2) is 5.60 Å². The lowest BCUT2D eigenvalue weighted by atomic mass is 9.82. The van der Waals surface area contributed by atoms with Crippen molar-refractivity contribution in [2.24, 2.45) is 5.92 Å². The van der Waals surface area contributed by atoms with E-state index in [0.29, 0.717) is 30.8 Å². The predicted molar refractivity (Wildman–Crippen MR) is 252 cm³/mol. The third-order valence-corrected chi connectivity index (χ3v) is 18.7. The molecule has 0 radical (unpaired) electrons. The second-order valence-electron chi connectivity index (χ2n) is 17.5. The number of benzene rings is 6. The zero-order chi connectivity index (χ0) is 43.6. The fraction of sp³-hybridized carbons (Fsp3) is 0.255. The Labute approximate surface area is 376 Å². The molecular formula is C51H48BrN5O5Si. The molecule has 1 aromatic heterocycles. The first-order valence-electron chi connectivity index (χ1n) is 21.5. The number of aromatic nitrogens is 3. The number of amides is 2. The molecule has 1 fully saturated rings. The lowest BCUT2D eigenvalue weighted by Gasteiger charge is -2.37. The van der Waals surface area contributed by atoms with E-state index < -0.39 is 13.7 Å². The lowest BCUT2D eigenvalue weighted by molar-refractivity contribution is -0.146. The number of carbonyl (C=O) groups excluding carboxylic acids is 2. The summed E-state index contributed by atoms with van der Waals surface area (Å²) in [5, 5.41) is 22.6. The van der Waals surface area contributed by atoms with Crippen LogP contribution in [-0.2, 0) is 28.2 Å². The van der Waals surface area contributed by atoms with E-state index in [4.69, 9.17) is 9.47 Å². The van der Waals surface area contributed by atoms with E-state index in [1.54, 1.807) is 12.0 Å². The van der Waals surface area contributed by atoms with Crippen LogP contribution in [0, 0.1) is 5.92 Å².